The van der Waals surface area contributed by atoms with Crippen molar-refractivity contribution < 1.29 is 9.53 Å². The smallest absolute Gasteiger partial charge is 0.316 e. The van der Waals surface area contributed by atoms with Crippen LogP contribution in [0.5, 0.6) is 5.75 Å². The van der Waals surface area contributed by atoms with Gasteiger partial charge >= 0.3 is 5.56 Å². The molecule has 0 aliphatic carbocycles. The molecule has 0 spiro atoms. The zero-order valence-electron chi connectivity index (χ0n) is 19.8. The highest BCUT2D eigenvalue weighted by molar-refractivity contribution is 6.30. The maximum absolute atomic E-state index is 13.4. The predicted octanol–water partition coefficient (Wildman–Crippen LogP) is 4.59. The molecule has 0 saturated carbocycles. The Kier molecular flexibility index (Phi) is 7.32. The average molecular weight is 481 g/mol. The molecule has 7 nitrogen and oxygen atoms in total. The summed E-state index contributed by atoms with van der Waals surface area (Å²) in [7, 11) is 0. The lowest BCUT2D eigenvalue weighted by atomic mass is 9.98. The molecule has 178 valence electrons. The van der Waals surface area contributed by atoms with Gasteiger partial charge in [0, 0.05) is 48.5 Å². The van der Waals surface area contributed by atoms with Crippen molar-refractivity contribution in [1.29, 1.82) is 0 Å². The molecule has 1 aliphatic rings. The number of rotatable bonds is 8. The molecule has 4 rings (SSSR count). The number of nitrogens with zero attached hydrogens (tertiary/aromatic N) is 4. The molecule has 3 heterocycles. The van der Waals surface area contributed by atoms with E-state index in [2.05, 4.69) is 9.97 Å². The van der Waals surface area contributed by atoms with Gasteiger partial charge in [0.1, 0.15) is 5.82 Å². The summed E-state index contributed by atoms with van der Waals surface area (Å²) < 4.78 is 7.67. The zero-order valence-corrected chi connectivity index (χ0v) is 20.5. The first-order valence-electron chi connectivity index (χ1n) is 11.7. The van der Waals surface area contributed by atoms with E-state index >= 15 is 0 Å². The third-order valence-electron chi connectivity index (χ3n) is 6.01. The fourth-order valence-corrected chi connectivity index (χ4v) is 4.39. The predicted molar refractivity (Wildman–Crippen MR) is 133 cm³/mol. The van der Waals surface area contributed by atoms with Gasteiger partial charge in [0.2, 0.25) is 5.75 Å². The maximum Gasteiger partial charge on any atom is 0.316 e. The summed E-state index contributed by atoms with van der Waals surface area (Å²) in [5.41, 5.74) is 2.56. The highest BCUT2D eigenvalue weighted by Crippen LogP contribution is 2.30. The number of halogens is 1. The maximum atomic E-state index is 13.4. The third-order valence-corrected chi connectivity index (χ3v) is 6.25. The van der Waals surface area contributed by atoms with E-state index < -0.39 is 5.56 Å². The molecule has 0 unspecified atom stereocenters. The minimum absolute atomic E-state index is 0.0184. The Morgan fingerprint density at radius 2 is 2.00 bits per heavy atom. The van der Waals surface area contributed by atoms with Crippen molar-refractivity contribution >= 4 is 17.5 Å². The molecular weight excluding hydrogens is 452 g/mol. The van der Waals surface area contributed by atoms with Crippen LogP contribution in [0.15, 0.2) is 47.5 Å². The Balaban J connectivity index is 1.81. The molecule has 3 aromatic rings. The van der Waals surface area contributed by atoms with Crippen LogP contribution in [0.3, 0.4) is 0 Å². The van der Waals surface area contributed by atoms with Crippen molar-refractivity contribution in [3.8, 4) is 16.9 Å². The Labute approximate surface area is 204 Å². The van der Waals surface area contributed by atoms with E-state index in [1.165, 1.54) is 0 Å². The number of aromatic nitrogens is 3. The van der Waals surface area contributed by atoms with Crippen LogP contribution in [0, 0.1) is 0 Å². The van der Waals surface area contributed by atoms with Crippen molar-refractivity contribution in [2.24, 2.45) is 0 Å². The van der Waals surface area contributed by atoms with E-state index in [-0.39, 0.29) is 17.7 Å². The van der Waals surface area contributed by atoms with Crippen LogP contribution in [-0.2, 0) is 13.0 Å². The number of carbonyl (C=O) groups is 1. The van der Waals surface area contributed by atoms with Crippen LogP contribution in [0.2, 0.25) is 5.02 Å². The number of benzene rings is 1. The van der Waals surface area contributed by atoms with Gasteiger partial charge in [-0.2, -0.15) is 4.98 Å². The molecule has 0 N–H and O–H groups in total. The summed E-state index contributed by atoms with van der Waals surface area (Å²) in [6, 6.07) is 9.49. The Morgan fingerprint density at radius 3 is 2.71 bits per heavy atom. The Hall–Kier alpha value is -3.19. The molecule has 0 radical (unpaired) electrons. The quantitative estimate of drug-likeness (QED) is 0.440. The first-order valence-corrected chi connectivity index (χ1v) is 12.0. The van der Waals surface area contributed by atoms with Gasteiger partial charge in [-0.15, -0.1) is 0 Å². The van der Waals surface area contributed by atoms with Gasteiger partial charge in [0.25, 0.3) is 5.91 Å². The molecule has 1 amide bonds. The van der Waals surface area contributed by atoms with Crippen molar-refractivity contribution in [2.45, 2.75) is 52.6 Å². The molecular formula is C26H29ClN4O3. The van der Waals surface area contributed by atoms with Gasteiger partial charge in [0.15, 0.2) is 5.69 Å². The Bertz CT molecular complexity index is 1240. The number of pyridine rings is 1. The highest BCUT2D eigenvalue weighted by Gasteiger charge is 2.33. The van der Waals surface area contributed by atoms with E-state index in [4.69, 9.17) is 16.3 Å². The molecule has 2 aromatic heterocycles. The number of carbonyl (C=O) groups excluding carboxylic acids is 1. The fraction of sp³-hybridized carbons (Fsp3) is 0.385. The minimum atomic E-state index is -0.506. The molecule has 0 bridgehead atoms. The number of unbranched alkanes of at least 4 members (excludes halogenated alkanes) is 1. The second kappa shape index (κ2) is 10.4. The first kappa shape index (κ1) is 24.0. The van der Waals surface area contributed by atoms with Crippen LogP contribution < -0.4 is 10.3 Å². The van der Waals surface area contributed by atoms with Crippen LogP contribution in [0.4, 0.5) is 0 Å². The van der Waals surface area contributed by atoms with E-state index in [1.54, 1.807) is 17.3 Å². The lowest BCUT2D eigenvalue weighted by molar-refractivity contribution is 0.0635. The van der Waals surface area contributed by atoms with Gasteiger partial charge in [-0.05, 0) is 49.6 Å². The number of hydrogen-bond donors (Lipinski definition) is 0. The first-order chi connectivity index (χ1) is 16.4. The van der Waals surface area contributed by atoms with Crippen LogP contribution in [0.1, 0.15) is 55.5 Å². The monoisotopic (exact) mass is 480 g/mol. The second-order valence-electron chi connectivity index (χ2n) is 8.68. The van der Waals surface area contributed by atoms with Gasteiger partial charge in [-0.25, -0.2) is 0 Å². The molecule has 0 fully saturated rings. The minimum Gasteiger partial charge on any atom is -0.486 e. The van der Waals surface area contributed by atoms with Crippen molar-refractivity contribution in [1.82, 2.24) is 19.4 Å². The van der Waals surface area contributed by atoms with E-state index in [0.29, 0.717) is 42.7 Å². The molecule has 8 heteroatoms. The van der Waals surface area contributed by atoms with Crippen molar-refractivity contribution in [3.63, 3.8) is 0 Å². The molecule has 1 aliphatic heterocycles. The fourth-order valence-electron chi connectivity index (χ4n) is 4.22. The lowest BCUT2D eigenvalue weighted by Gasteiger charge is -2.34. The van der Waals surface area contributed by atoms with Crippen LogP contribution in [-0.4, -0.2) is 44.5 Å². The molecule has 0 saturated heterocycles. The summed E-state index contributed by atoms with van der Waals surface area (Å²) in [5, 5.41) is 0.609. The van der Waals surface area contributed by atoms with E-state index in [9.17, 15) is 9.59 Å². The lowest BCUT2D eigenvalue weighted by Crippen LogP contribution is -2.46. The zero-order chi connectivity index (χ0) is 24.2. The largest absolute Gasteiger partial charge is 0.486 e. The second-order valence-corrected chi connectivity index (χ2v) is 9.11. The van der Waals surface area contributed by atoms with Crippen molar-refractivity contribution in [2.75, 3.05) is 13.2 Å². The normalized spacial score (nSPS) is 13.3. The van der Waals surface area contributed by atoms with E-state index in [0.717, 1.165) is 29.5 Å². The van der Waals surface area contributed by atoms with E-state index in [1.807, 2.05) is 55.7 Å². The standard InChI is InChI=1S/C26H29ClN4O3/c1-4-5-13-34-24-23-26(33)30(17(2)3)11-12-31(23)22(29-25(24)32)14-18-8-9-20(27)15-21(18)19-7-6-10-28-16-19/h6-10,15-17H,4-5,11-14H2,1-3H3. The Morgan fingerprint density at radius 1 is 1.18 bits per heavy atom. The summed E-state index contributed by atoms with van der Waals surface area (Å²) in [5.74, 6) is 0.389. The third kappa shape index (κ3) is 4.85. The van der Waals surface area contributed by atoms with Crippen LogP contribution >= 0.6 is 11.6 Å². The summed E-state index contributed by atoms with van der Waals surface area (Å²) in [6.45, 7) is 7.45. The van der Waals surface area contributed by atoms with Gasteiger partial charge in [0.05, 0.1) is 6.61 Å². The average Bonchev–Trinajstić information content (AvgIpc) is 2.82. The molecule has 34 heavy (non-hydrogen) atoms. The van der Waals surface area contributed by atoms with Gasteiger partial charge in [-0.1, -0.05) is 37.1 Å². The van der Waals surface area contributed by atoms with Crippen LogP contribution in [0.25, 0.3) is 11.1 Å². The number of ether oxygens (including phenoxy) is 1. The molecule has 1 aromatic carbocycles. The number of hydrogen-bond acceptors (Lipinski definition) is 5. The summed E-state index contributed by atoms with van der Waals surface area (Å²) >= 11 is 6.30. The van der Waals surface area contributed by atoms with Gasteiger partial charge in [-0.3, -0.25) is 14.6 Å². The van der Waals surface area contributed by atoms with Crippen molar-refractivity contribution in [3.05, 3.63) is 75.2 Å². The SMILES string of the molecule is CCCCOc1c2n(c(Cc3ccc(Cl)cc3-c3cccnc3)nc1=O)CCN(C(C)C)C2=O. The summed E-state index contributed by atoms with van der Waals surface area (Å²) in [6.07, 6.45) is 5.58. The number of amides is 1. The number of fused-ring (bicyclic) bond motifs is 1. The molecule has 0 atom stereocenters. The topological polar surface area (TPSA) is 77.3 Å². The highest BCUT2D eigenvalue weighted by atomic mass is 35.5. The van der Waals surface area contributed by atoms with Gasteiger partial charge < -0.3 is 14.2 Å². The summed E-state index contributed by atoms with van der Waals surface area (Å²) in [4.78, 5) is 36.9.